The van der Waals surface area contributed by atoms with E-state index in [1.54, 1.807) is 0 Å². The molecule has 0 spiro atoms. The molecule has 0 radical (unpaired) electrons. The fourth-order valence-electron chi connectivity index (χ4n) is 2.68. The maximum Gasteiger partial charge on any atom is 0.0641 e. The van der Waals surface area contributed by atoms with Gasteiger partial charge in [0.15, 0.2) is 0 Å². The van der Waals surface area contributed by atoms with Crippen LogP contribution in [0.1, 0.15) is 18.0 Å². The van der Waals surface area contributed by atoms with E-state index >= 15 is 0 Å². The summed E-state index contributed by atoms with van der Waals surface area (Å²) >= 11 is 8.23. The van der Waals surface area contributed by atoms with Crippen molar-refractivity contribution in [3.8, 4) is 0 Å². The first kappa shape index (κ1) is 10.8. The van der Waals surface area contributed by atoms with Crippen molar-refractivity contribution < 1.29 is 0 Å². The molecule has 0 aromatic heterocycles. The van der Waals surface area contributed by atoms with Crippen molar-refractivity contribution in [3.05, 3.63) is 28.8 Å². The Labute approximate surface area is 105 Å². The van der Waals surface area contributed by atoms with E-state index in [2.05, 4.69) is 11.4 Å². The lowest BCUT2D eigenvalue weighted by Crippen LogP contribution is -2.45. The van der Waals surface area contributed by atoms with E-state index < -0.39 is 0 Å². The first-order chi connectivity index (χ1) is 7.77. The van der Waals surface area contributed by atoms with Gasteiger partial charge in [0.1, 0.15) is 0 Å². The van der Waals surface area contributed by atoms with Gasteiger partial charge in [-0.15, -0.1) is 0 Å². The van der Waals surface area contributed by atoms with Crippen LogP contribution in [0.2, 0.25) is 5.02 Å². The van der Waals surface area contributed by atoms with Crippen molar-refractivity contribution in [1.29, 1.82) is 0 Å². The summed E-state index contributed by atoms with van der Waals surface area (Å²) in [5, 5.41) is 4.37. The van der Waals surface area contributed by atoms with E-state index in [-0.39, 0.29) is 6.04 Å². The van der Waals surface area contributed by atoms with Crippen LogP contribution in [-0.2, 0) is 0 Å². The van der Waals surface area contributed by atoms with Gasteiger partial charge in [0.05, 0.1) is 10.7 Å². The predicted molar refractivity (Wildman–Crippen MR) is 71.2 cm³/mol. The summed E-state index contributed by atoms with van der Waals surface area (Å²) in [6.45, 7) is 0. The average Bonchev–Trinajstić information content (AvgIpc) is 2.31. The van der Waals surface area contributed by atoms with Crippen LogP contribution in [0.5, 0.6) is 0 Å². The number of fused-ring (bicyclic) bond motifs is 2. The number of hydrogen-bond donors (Lipinski definition) is 2. The summed E-state index contributed by atoms with van der Waals surface area (Å²) < 4.78 is 0. The molecule has 1 fully saturated rings. The minimum absolute atomic E-state index is 0.132. The molecule has 0 saturated carbocycles. The molecule has 1 aromatic rings. The van der Waals surface area contributed by atoms with Crippen molar-refractivity contribution in [2.24, 2.45) is 11.7 Å². The van der Waals surface area contributed by atoms with Crippen LogP contribution in [0.25, 0.3) is 0 Å². The highest BCUT2D eigenvalue weighted by molar-refractivity contribution is 7.99. The van der Waals surface area contributed by atoms with Crippen LogP contribution >= 0.6 is 23.4 Å². The third-order valence-corrected chi connectivity index (χ3v) is 5.06. The molecule has 2 nitrogen and oxygen atoms in total. The Bertz CT molecular complexity index is 410. The summed E-state index contributed by atoms with van der Waals surface area (Å²) in [7, 11) is 0. The van der Waals surface area contributed by atoms with E-state index in [4.69, 9.17) is 17.3 Å². The number of thioether (sulfide) groups is 1. The van der Waals surface area contributed by atoms with E-state index in [0.29, 0.717) is 12.0 Å². The lowest BCUT2D eigenvalue weighted by Gasteiger charge is -2.41. The van der Waals surface area contributed by atoms with Crippen LogP contribution in [0.4, 0.5) is 5.69 Å². The molecule has 0 amide bonds. The maximum atomic E-state index is 6.36. The zero-order valence-electron chi connectivity index (χ0n) is 8.95. The number of nitrogens with two attached hydrogens (primary N) is 1. The highest BCUT2D eigenvalue weighted by atomic mass is 35.5. The summed E-state index contributed by atoms with van der Waals surface area (Å²) in [4.78, 5) is 0. The molecular formula is C12H15ClN2S. The van der Waals surface area contributed by atoms with Crippen molar-refractivity contribution in [2.75, 3.05) is 16.8 Å². The van der Waals surface area contributed by atoms with Crippen molar-refractivity contribution in [2.45, 2.75) is 18.5 Å². The number of para-hydroxylation sites is 1. The Morgan fingerprint density at radius 1 is 1.44 bits per heavy atom. The minimum Gasteiger partial charge on any atom is -0.380 e. The van der Waals surface area contributed by atoms with Gasteiger partial charge in [-0.05, 0) is 29.6 Å². The van der Waals surface area contributed by atoms with Crippen LogP contribution in [0.3, 0.4) is 0 Å². The van der Waals surface area contributed by atoms with E-state index in [9.17, 15) is 0 Å². The Morgan fingerprint density at radius 3 is 3.19 bits per heavy atom. The molecule has 1 saturated heterocycles. The molecule has 4 heteroatoms. The van der Waals surface area contributed by atoms with Gasteiger partial charge in [-0.25, -0.2) is 0 Å². The lowest BCUT2D eigenvalue weighted by atomic mass is 9.83. The molecule has 2 aliphatic rings. The molecule has 3 unspecified atom stereocenters. The van der Waals surface area contributed by atoms with Gasteiger partial charge < -0.3 is 11.1 Å². The van der Waals surface area contributed by atoms with Gasteiger partial charge in [-0.2, -0.15) is 11.8 Å². The third-order valence-electron chi connectivity index (χ3n) is 3.60. The van der Waals surface area contributed by atoms with Gasteiger partial charge >= 0.3 is 0 Å². The summed E-state index contributed by atoms with van der Waals surface area (Å²) in [6.07, 6.45) is 1.19. The second kappa shape index (κ2) is 4.13. The summed E-state index contributed by atoms with van der Waals surface area (Å²) in [6, 6.07) is 6.64. The van der Waals surface area contributed by atoms with Gasteiger partial charge in [-0.3, -0.25) is 0 Å². The smallest absolute Gasteiger partial charge is 0.0641 e. The highest BCUT2D eigenvalue weighted by Gasteiger charge is 2.36. The molecule has 3 N–H and O–H groups in total. The number of nitrogens with one attached hydrogen (secondary N) is 1. The standard InChI is InChI=1S/C12H15ClN2S/c13-9-3-1-2-7-11(14)8-6-16-5-4-10(8)15-12(7)9/h1-3,8,10-11,15H,4-6,14H2. The Kier molecular flexibility index (Phi) is 2.78. The SMILES string of the molecule is NC1c2cccc(Cl)c2NC2CCSCC21. The van der Waals surface area contributed by atoms with Crippen LogP contribution in [0, 0.1) is 5.92 Å². The molecular weight excluding hydrogens is 240 g/mol. The van der Waals surface area contributed by atoms with Crippen LogP contribution in [0.15, 0.2) is 18.2 Å². The Morgan fingerprint density at radius 2 is 2.31 bits per heavy atom. The number of anilines is 1. The number of halogens is 1. The van der Waals surface area contributed by atoms with Gasteiger partial charge in [-0.1, -0.05) is 23.7 Å². The van der Waals surface area contributed by atoms with Crippen molar-refractivity contribution >= 4 is 29.1 Å². The highest BCUT2D eigenvalue weighted by Crippen LogP contribution is 2.43. The first-order valence-electron chi connectivity index (χ1n) is 5.65. The lowest BCUT2D eigenvalue weighted by molar-refractivity contribution is 0.382. The molecule has 2 aliphatic heterocycles. The molecule has 16 heavy (non-hydrogen) atoms. The van der Waals surface area contributed by atoms with Gasteiger partial charge in [0.25, 0.3) is 0 Å². The Balaban J connectivity index is 2.03. The van der Waals surface area contributed by atoms with E-state index in [1.165, 1.54) is 17.7 Å². The topological polar surface area (TPSA) is 38.0 Å². The fraction of sp³-hybridized carbons (Fsp3) is 0.500. The second-order valence-electron chi connectivity index (χ2n) is 4.51. The van der Waals surface area contributed by atoms with Gasteiger partial charge in [0, 0.05) is 18.0 Å². The average molecular weight is 255 g/mol. The van der Waals surface area contributed by atoms with E-state index in [0.717, 1.165) is 16.5 Å². The Hall–Kier alpha value is -0.380. The summed E-state index contributed by atoms with van der Waals surface area (Å²) in [5.74, 6) is 2.93. The van der Waals surface area contributed by atoms with Crippen LogP contribution < -0.4 is 11.1 Å². The second-order valence-corrected chi connectivity index (χ2v) is 6.07. The predicted octanol–water partition coefficient (Wildman–Crippen LogP) is 2.89. The number of rotatable bonds is 0. The molecule has 2 heterocycles. The first-order valence-corrected chi connectivity index (χ1v) is 7.19. The molecule has 0 bridgehead atoms. The van der Waals surface area contributed by atoms with Crippen molar-refractivity contribution in [3.63, 3.8) is 0 Å². The van der Waals surface area contributed by atoms with Crippen LogP contribution in [-0.4, -0.2) is 17.5 Å². The quantitative estimate of drug-likeness (QED) is 0.748. The fourth-order valence-corrected chi connectivity index (χ4v) is 4.22. The molecule has 3 rings (SSSR count). The number of benzene rings is 1. The maximum absolute atomic E-state index is 6.36. The monoisotopic (exact) mass is 254 g/mol. The zero-order valence-corrected chi connectivity index (χ0v) is 10.5. The molecule has 0 aliphatic carbocycles. The van der Waals surface area contributed by atoms with E-state index in [1.807, 2.05) is 23.9 Å². The van der Waals surface area contributed by atoms with Crippen molar-refractivity contribution in [1.82, 2.24) is 0 Å². The van der Waals surface area contributed by atoms with Gasteiger partial charge in [0.2, 0.25) is 0 Å². The third kappa shape index (κ3) is 1.62. The molecule has 86 valence electrons. The molecule has 3 atom stereocenters. The number of hydrogen-bond acceptors (Lipinski definition) is 3. The summed E-state index contributed by atoms with van der Waals surface area (Å²) in [5.41, 5.74) is 8.59. The minimum atomic E-state index is 0.132. The zero-order chi connectivity index (χ0) is 11.1. The largest absolute Gasteiger partial charge is 0.380 e. The molecule has 1 aromatic carbocycles. The normalized spacial score (nSPS) is 32.5.